The van der Waals surface area contributed by atoms with Gasteiger partial charge in [-0.2, -0.15) is 0 Å². The minimum absolute atomic E-state index is 0.00726. The summed E-state index contributed by atoms with van der Waals surface area (Å²) >= 11 is 3.68. The van der Waals surface area contributed by atoms with Crippen molar-refractivity contribution in [2.24, 2.45) is 0 Å². The molecule has 44 heavy (non-hydrogen) atoms. The topological polar surface area (TPSA) is 15.7 Å². The third kappa shape index (κ3) is 3.33. The predicted octanol–water partition coefficient (Wildman–Crippen LogP) is 9.73. The smallest absolute Gasteiger partial charge is 0.333 e. The van der Waals surface area contributed by atoms with Gasteiger partial charge in [0.15, 0.2) is 0 Å². The van der Waals surface area contributed by atoms with Crippen molar-refractivity contribution in [2.75, 3.05) is 9.71 Å². The molecular formula is C38H25BN2OS2. The van der Waals surface area contributed by atoms with Gasteiger partial charge in [0.2, 0.25) is 0 Å². The summed E-state index contributed by atoms with van der Waals surface area (Å²) in [5.41, 5.74) is 14.0. The summed E-state index contributed by atoms with van der Waals surface area (Å²) in [5.74, 6) is 1.84. The molecule has 0 bridgehead atoms. The van der Waals surface area contributed by atoms with Crippen molar-refractivity contribution in [3.05, 3.63) is 126 Å². The maximum absolute atomic E-state index is 6.59. The first kappa shape index (κ1) is 24.9. The van der Waals surface area contributed by atoms with E-state index in [4.69, 9.17) is 4.74 Å². The van der Waals surface area contributed by atoms with Gasteiger partial charge in [-0.15, -0.1) is 0 Å². The molecule has 0 saturated carbocycles. The Balaban J connectivity index is 1.32. The zero-order valence-corrected chi connectivity index (χ0v) is 25.8. The Morgan fingerprint density at radius 3 is 2.20 bits per heavy atom. The number of para-hydroxylation sites is 4. The Hall–Kier alpha value is -4.52. The highest BCUT2D eigenvalue weighted by Crippen LogP contribution is 2.56. The minimum Gasteiger partial charge on any atom is -0.455 e. The summed E-state index contributed by atoms with van der Waals surface area (Å²) in [4.78, 5) is 10.0. The first-order chi connectivity index (χ1) is 21.6. The van der Waals surface area contributed by atoms with E-state index in [0.717, 1.165) is 21.3 Å². The van der Waals surface area contributed by atoms with E-state index in [1.165, 1.54) is 71.4 Å². The third-order valence-corrected chi connectivity index (χ3v) is 11.4. The van der Waals surface area contributed by atoms with Gasteiger partial charge in [-0.25, -0.2) is 0 Å². The second-order valence-electron chi connectivity index (χ2n) is 11.9. The zero-order chi connectivity index (χ0) is 29.1. The lowest BCUT2D eigenvalue weighted by Gasteiger charge is -2.48. The average molecular weight is 601 g/mol. The van der Waals surface area contributed by atoms with E-state index < -0.39 is 0 Å². The molecule has 4 heterocycles. The van der Waals surface area contributed by atoms with E-state index in [1.54, 1.807) is 11.8 Å². The molecule has 3 nitrogen and oxygen atoms in total. The summed E-state index contributed by atoms with van der Waals surface area (Å²) in [6.07, 6.45) is 0. The van der Waals surface area contributed by atoms with Crippen LogP contribution in [-0.4, -0.2) is 6.85 Å². The molecule has 0 amide bonds. The second kappa shape index (κ2) is 9.01. The number of aryl methyl sites for hydroxylation is 2. The van der Waals surface area contributed by atoms with Gasteiger partial charge in [0, 0.05) is 38.5 Å². The van der Waals surface area contributed by atoms with Crippen molar-refractivity contribution in [2.45, 2.75) is 33.4 Å². The van der Waals surface area contributed by atoms with E-state index in [1.807, 2.05) is 17.8 Å². The SMILES string of the molecule is Cc1cc2c3c(c1)N1c4ccccc4Sc4cccc(c41)B3N(c1ccccc1C)c1cc3c(cc1-2)Sc1ccccc1O3. The van der Waals surface area contributed by atoms with Crippen molar-refractivity contribution in [3.8, 4) is 22.6 Å². The molecule has 208 valence electrons. The summed E-state index contributed by atoms with van der Waals surface area (Å²) < 4.78 is 6.59. The lowest BCUT2D eigenvalue weighted by Crippen LogP contribution is -2.62. The van der Waals surface area contributed by atoms with E-state index in [-0.39, 0.29) is 6.85 Å². The van der Waals surface area contributed by atoms with Gasteiger partial charge >= 0.3 is 6.85 Å². The molecule has 0 radical (unpaired) electrons. The van der Waals surface area contributed by atoms with Gasteiger partial charge in [0.05, 0.1) is 21.2 Å². The van der Waals surface area contributed by atoms with Crippen LogP contribution in [0.3, 0.4) is 0 Å². The zero-order valence-electron chi connectivity index (χ0n) is 24.2. The maximum Gasteiger partial charge on any atom is 0.333 e. The number of hydrogen-bond donors (Lipinski definition) is 0. The summed E-state index contributed by atoms with van der Waals surface area (Å²) in [6, 6.07) is 42.3. The Morgan fingerprint density at radius 1 is 0.568 bits per heavy atom. The van der Waals surface area contributed by atoms with Crippen molar-refractivity contribution in [1.29, 1.82) is 0 Å². The molecule has 4 aliphatic rings. The number of fused-ring (bicyclic) bond motifs is 8. The molecule has 0 atom stereocenters. The van der Waals surface area contributed by atoms with Crippen LogP contribution in [0.15, 0.2) is 135 Å². The lowest BCUT2D eigenvalue weighted by molar-refractivity contribution is 0.455. The molecule has 0 unspecified atom stereocenters. The molecular weight excluding hydrogens is 575 g/mol. The van der Waals surface area contributed by atoms with Crippen molar-refractivity contribution < 1.29 is 4.74 Å². The van der Waals surface area contributed by atoms with Gasteiger partial charge in [0.25, 0.3) is 0 Å². The van der Waals surface area contributed by atoms with Crippen LogP contribution < -0.4 is 25.4 Å². The molecule has 4 aliphatic heterocycles. The Kier molecular flexibility index (Phi) is 5.09. The molecule has 6 heteroatoms. The molecule has 0 spiro atoms. The highest BCUT2D eigenvalue weighted by atomic mass is 32.2. The number of benzene rings is 6. The first-order valence-electron chi connectivity index (χ1n) is 15.0. The van der Waals surface area contributed by atoms with Crippen LogP contribution in [0.5, 0.6) is 11.5 Å². The van der Waals surface area contributed by atoms with Crippen molar-refractivity contribution in [1.82, 2.24) is 0 Å². The van der Waals surface area contributed by atoms with Crippen molar-refractivity contribution >= 4 is 69.7 Å². The van der Waals surface area contributed by atoms with Gasteiger partial charge in [-0.3, -0.25) is 0 Å². The fraction of sp³-hybridized carbons (Fsp3) is 0.0526. The number of nitrogens with zero attached hydrogens (tertiary/aromatic N) is 2. The maximum atomic E-state index is 6.59. The third-order valence-electron chi connectivity index (χ3n) is 9.23. The molecule has 6 aromatic carbocycles. The lowest BCUT2D eigenvalue weighted by atomic mass is 9.43. The predicted molar refractivity (Wildman–Crippen MR) is 184 cm³/mol. The quantitative estimate of drug-likeness (QED) is 0.174. The number of anilines is 5. The molecule has 0 aromatic heterocycles. The van der Waals surface area contributed by atoms with Gasteiger partial charge in [-0.1, -0.05) is 84.2 Å². The van der Waals surface area contributed by atoms with Crippen LogP contribution in [-0.2, 0) is 0 Å². The summed E-state index contributed by atoms with van der Waals surface area (Å²) in [6.45, 7) is 4.47. The second-order valence-corrected chi connectivity index (χ2v) is 14.0. The normalized spacial score (nSPS) is 14.5. The minimum atomic E-state index is 0.00726. The van der Waals surface area contributed by atoms with Crippen LogP contribution in [0.1, 0.15) is 11.1 Å². The van der Waals surface area contributed by atoms with E-state index in [9.17, 15) is 0 Å². The van der Waals surface area contributed by atoms with Gasteiger partial charge < -0.3 is 14.4 Å². The van der Waals surface area contributed by atoms with Crippen LogP contribution in [0, 0.1) is 13.8 Å². The van der Waals surface area contributed by atoms with Gasteiger partial charge in [0.1, 0.15) is 11.5 Å². The summed E-state index contributed by atoms with van der Waals surface area (Å²) in [5, 5.41) is 0. The molecule has 10 rings (SSSR count). The van der Waals surface area contributed by atoms with Crippen LogP contribution >= 0.6 is 23.5 Å². The fourth-order valence-corrected chi connectivity index (χ4v) is 9.49. The van der Waals surface area contributed by atoms with Crippen molar-refractivity contribution in [3.63, 3.8) is 0 Å². The van der Waals surface area contributed by atoms with Crippen LogP contribution in [0.25, 0.3) is 11.1 Å². The Bertz CT molecular complexity index is 2230. The average Bonchev–Trinajstić information content (AvgIpc) is 3.04. The molecule has 0 fully saturated rings. The number of rotatable bonds is 1. The largest absolute Gasteiger partial charge is 0.455 e. The van der Waals surface area contributed by atoms with E-state index in [2.05, 4.69) is 133 Å². The first-order valence-corrected chi connectivity index (χ1v) is 16.6. The highest BCUT2D eigenvalue weighted by molar-refractivity contribution is 8.00. The van der Waals surface area contributed by atoms with Crippen LogP contribution in [0.4, 0.5) is 28.4 Å². The molecule has 0 saturated heterocycles. The van der Waals surface area contributed by atoms with Gasteiger partial charge in [-0.05, 0) is 90.0 Å². The molecule has 0 aliphatic carbocycles. The Labute approximate surface area is 265 Å². The molecule has 6 aromatic rings. The van der Waals surface area contributed by atoms with E-state index in [0.29, 0.717) is 0 Å². The molecule has 0 N–H and O–H groups in total. The van der Waals surface area contributed by atoms with E-state index >= 15 is 0 Å². The standard InChI is InChI=1S/C38H25BN2OS2/c1-22-18-25-24-20-36-32(42-31-14-6-8-16-34(31)44-36)21-29(24)41(27-12-4-3-10-23(27)2)39-26-11-9-17-35-38(26)40(30(19-22)37(25)39)28-13-5-7-15-33(28)43-35/h3-21H,1-2H3. The number of ether oxygens (including phenoxy) is 1. The van der Waals surface area contributed by atoms with Crippen LogP contribution in [0.2, 0.25) is 0 Å². The summed E-state index contributed by atoms with van der Waals surface area (Å²) in [7, 11) is 0. The monoisotopic (exact) mass is 600 g/mol. The fourth-order valence-electron chi connectivity index (χ4n) is 7.42. The number of hydrogen-bond acceptors (Lipinski definition) is 5. The Morgan fingerprint density at radius 2 is 1.32 bits per heavy atom. The highest BCUT2D eigenvalue weighted by Gasteiger charge is 2.47.